The lowest BCUT2D eigenvalue weighted by molar-refractivity contribution is -0.140. The molecule has 10 nitrogen and oxygen atoms in total. The van der Waals surface area contributed by atoms with Gasteiger partial charge < -0.3 is 29.1 Å². The van der Waals surface area contributed by atoms with Gasteiger partial charge in [-0.25, -0.2) is 14.8 Å². The molecular formula is C26H28N6O4S2. The lowest BCUT2D eigenvalue weighted by Gasteiger charge is -2.34. The van der Waals surface area contributed by atoms with Crippen LogP contribution in [0.3, 0.4) is 0 Å². The minimum Gasteiger partial charge on any atom is -0.422 e. The summed E-state index contributed by atoms with van der Waals surface area (Å²) >= 11 is 3.34. The average molecular weight is 553 g/mol. The molecule has 2 aliphatic heterocycles. The Kier molecular flexibility index (Phi) is 7.25. The molecule has 2 aromatic carbocycles. The molecule has 0 radical (unpaired) electrons. The van der Waals surface area contributed by atoms with Crippen LogP contribution < -0.4 is 9.80 Å². The van der Waals surface area contributed by atoms with Gasteiger partial charge in [-0.2, -0.15) is 0 Å². The molecule has 12 heteroatoms. The minimum atomic E-state index is -0.425. The van der Waals surface area contributed by atoms with Crippen LogP contribution in [-0.2, 0) is 14.3 Å². The molecule has 0 saturated carbocycles. The van der Waals surface area contributed by atoms with Crippen molar-refractivity contribution < 1.29 is 19.1 Å². The maximum Gasteiger partial charge on any atom is 0.412 e. The normalized spacial score (nSPS) is 16.4. The van der Waals surface area contributed by atoms with Gasteiger partial charge in [0.15, 0.2) is 17.1 Å². The van der Waals surface area contributed by atoms with Crippen molar-refractivity contribution in [3.05, 3.63) is 48.5 Å². The number of para-hydroxylation sites is 2. The van der Waals surface area contributed by atoms with Crippen LogP contribution in [0.1, 0.15) is 0 Å². The maximum atomic E-state index is 12.6. The van der Waals surface area contributed by atoms with E-state index in [0.29, 0.717) is 39.3 Å². The number of fused-ring (bicyclic) bond motifs is 2. The summed E-state index contributed by atoms with van der Waals surface area (Å²) in [5.74, 6) is -0.102. The molecule has 0 aliphatic carbocycles. The Morgan fingerprint density at radius 3 is 1.74 bits per heavy atom. The number of hydrogen-bond acceptors (Lipinski definition) is 10. The first-order valence-electron chi connectivity index (χ1n) is 12.6. The number of anilines is 2. The van der Waals surface area contributed by atoms with Crippen molar-refractivity contribution in [2.24, 2.45) is 0 Å². The quantitative estimate of drug-likeness (QED) is 0.265. The van der Waals surface area contributed by atoms with E-state index in [0.717, 1.165) is 39.1 Å². The van der Waals surface area contributed by atoms with Gasteiger partial charge in [0.25, 0.3) is 0 Å². The molecular weight excluding hydrogens is 524 g/mol. The van der Waals surface area contributed by atoms with E-state index in [-0.39, 0.29) is 19.3 Å². The molecule has 0 unspecified atom stereocenters. The molecule has 0 spiro atoms. The van der Waals surface area contributed by atoms with Crippen LogP contribution in [0.4, 0.5) is 15.1 Å². The van der Waals surface area contributed by atoms with Crippen LogP contribution in [0, 0.1) is 0 Å². The standard InChI is InChI=1S/C26H28N6O4S2/c33-23(29-9-11-30(12-10-29)24-27-19-5-1-3-7-21(19)37-24)17-35-18-36-26(34)32-15-13-31(14-16-32)25-28-20-6-2-4-8-22(20)38-25/h1-8H,9-18H2. The molecule has 2 amide bonds. The van der Waals surface area contributed by atoms with Gasteiger partial charge in [0, 0.05) is 52.4 Å². The second-order valence-corrected chi connectivity index (χ2v) is 11.2. The number of amides is 2. The number of aromatic nitrogens is 2. The average Bonchev–Trinajstić information content (AvgIpc) is 3.60. The fourth-order valence-electron chi connectivity index (χ4n) is 4.62. The van der Waals surface area contributed by atoms with Gasteiger partial charge >= 0.3 is 6.09 Å². The minimum absolute atomic E-state index is 0.102. The first kappa shape index (κ1) is 24.8. The smallest absolute Gasteiger partial charge is 0.412 e. The molecule has 2 saturated heterocycles. The molecule has 38 heavy (non-hydrogen) atoms. The Morgan fingerprint density at radius 1 is 0.711 bits per heavy atom. The van der Waals surface area contributed by atoms with Gasteiger partial charge in [0.2, 0.25) is 5.91 Å². The Balaban J connectivity index is 0.889. The number of ether oxygens (including phenoxy) is 2. The highest BCUT2D eigenvalue weighted by molar-refractivity contribution is 7.22. The number of thiazole rings is 2. The first-order chi connectivity index (χ1) is 18.6. The number of piperazine rings is 2. The third kappa shape index (κ3) is 5.38. The largest absolute Gasteiger partial charge is 0.422 e. The molecule has 0 atom stereocenters. The Hall–Kier alpha value is -3.48. The van der Waals surface area contributed by atoms with E-state index >= 15 is 0 Å². The predicted molar refractivity (Wildman–Crippen MR) is 149 cm³/mol. The maximum absolute atomic E-state index is 12.6. The summed E-state index contributed by atoms with van der Waals surface area (Å²) in [6, 6.07) is 16.2. The SMILES string of the molecule is O=C(COCOC(=O)N1CCN(c2nc3ccccc3s2)CC1)N1CCN(c2nc3ccccc3s2)CC1. The van der Waals surface area contributed by atoms with Crippen molar-refractivity contribution >= 4 is 65.4 Å². The fraction of sp³-hybridized carbons (Fsp3) is 0.385. The van der Waals surface area contributed by atoms with E-state index in [9.17, 15) is 9.59 Å². The molecule has 0 N–H and O–H groups in total. The van der Waals surface area contributed by atoms with Gasteiger partial charge in [0.05, 0.1) is 20.4 Å². The summed E-state index contributed by atoms with van der Waals surface area (Å²) in [5.41, 5.74) is 2.00. The van der Waals surface area contributed by atoms with E-state index in [4.69, 9.17) is 19.4 Å². The van der Waals surface area contributed by atoms with Crippen LogP contribution in [-0.4, -0.2) is 97.5 Å². The number of rotatable bonds is 6. The number of benzene rings is 2. The van der Waals surface area contributed by atoms with E-state index in [1.807, 2.05) is 36.4 Å². The molecule has 198 valence electrons. The molecule has 6 rings (SSSR count). The topological polar surface area (TPSA) is 91.3 Å². The van der Waals surface area contributed by atoms with Crippen molar-refractivity contribution in [1.29, 1.82) is 0 Å². The Morgan fingerprint density at radius 2 is 1.21 bits per heavy atom. The Bertz CT molecular complexity index is 1250. The first-order valence-corrected chi connectivity index (χ1v) is 14.3. The van der Waals surface area contributed by atoms with Gasteiger partial charge in [-0.05, 0) is 24.3 Å². The highest BCUT2D eigenvalue weighted by atomic mass is 32.1. The molecule has 2 aromatic heterocycles. The molecule has 4 heterocycles. The monoisotopic (exact) mass is 552 g/mol. The summed E-state index contributed by atoms with van der Waals surface area (Å²) in [6.07, 6.45) is -0.425. The van der Waals surface area contributed by atoms with Crippen LogP contribution >= 0.6 is 22.7 Å². The second kappa shape index (κ2) is 11.1. The highest BCUT2D eigenvalue weighted by Gasteiger charge is 2.25. The van der Waals surface area contributed by atoms with Gasteiger partial charge in [0.1, 0.15) is 6.61 Å². The van der Waals surface area contributed by atoms with Gasteiger partial charge in [-0.15, -0.1) is 0 Å². The van der Waals surface area contributed by atoms with Crippen molar-refractivity contribution in [2.75, 3.05) is 75.6 Å². The molecule has 4 aromatic rings. The van der Waals surface area contributed by atoms with Crippen molar-refractivity contribution in [2.45, 2.75) is 0 Å². The third-order valence-electron chi connectivity index (χ3n) is 6.77. The van der Waals surface area contributed by atoms with Crippen molar-refractivity contribution in [1.82, 2.24) is 19.8 Å². The second-order valence-electron chi connectivity index (χ2n) is 9.15. The van der Waals surface area contributed by atoms with Crippen molar-refractivity contribution in [3.63, 3.8) is 0 Å². The number of hydrogen-bond donors (Lipinski definition) is 0. The molecule has 2 fully saturated rings. The van der Waals surface area contributed by atoms with Crippen LogP contribution in [0.2, 0.25) is 0 Å². The van der Waals surface area contributed by atoms with E-state index in [1.165, 1.54) is 4.70 Å². The number of nitrogens with zero attached hydrogens (tertiary/aromatic N) is 6. The third-order valence-corrected chi connectivity index (χ3v) is 8.96. The van der Waals surface area contributed by atoms with Crippen molar-refractivity contribution in [3.8, 4) is 0 Å². The zero-order valence-electron chi connectivity index (χ0n) is 20.8. The number of carbonyl (C=O) groups excluding carboxylic acids is 2. The zero-order chi connectivity index (χ0) is 25.9. The summed E-state index contributed by atoms with van der Waals surface area (Å²) in [4.78, 5) is 42.3. The number of carbonyl (C=O) groups is 2. The molecule has 0 bridgehead atoms. The summed E-state index contributed by atoms with van der Waals surface area (Å²) in [6.45, 7) is 4.79. The zero-order valence-corrected chi connectivity index (χ0v) is 22.5. The fourth-order valence-corrected chi connectivity index (χ4v) is 6.66. The highest BCUT2D eigenvalue weighted by Crippen LogP contribution is 2.30. The lowest BCUT2D eigenvalue weighted by atomic mass is 10.3. The van der Waals surface area contributed by atoms with E-state index in [1.54, 1.807) is 32.5 Å². The van der Waals surface area contributed by atoms with Gasteiger partial charge in [-0.3, -0.25) is 4.79 Å². The summed E-state index contributed by atoms with van der Waals surface area (Å²) < 4.78 is 13.0. The van der Waals surface area contributed by atoms with Gasteiger partial charge in [-0.1, -0.05) is 46.9 Å². The predicted octanol–water partition coefficient (Wildman–Crippen LogP) is 3.49. The molecule has 2 aliphatic rings. The lowest BCUT2D eigenvalue weighted by Crippen LogP contribution is -2.50. The van der Waals surface area contributed by atoms with Crippen LogP contribution in [0.5, 0.6) is 0 Å². The Labute approximate surface area is 228 Å². The van der Waals surface area contributed by atoms with Crippen LogP contribution in [0.25, 0.3) is 20.4 Å². The summed E-state index contributed by atoms with van der Waals surface area (Å²) in [7, 11) is 0. The summed E-state index contributed by atoms with van der Waals surface area (Å²) in [5, 5.41) is 1.96. The van der Waals surface area contributed by atoms with E-state index in [2.05, 4.69) is 21.9 Å². The van der Waals surface area contributed by atoms with Crippen LogP contribution in [0.15, 0.2) is 48.5 Å². The van der Waals surface area contributed by atoms with E-state index < -0.39 is 6.09 Å².